The standard InChI is InChI=1S/C13H18ClNO3/c1-2-17-13(16)5-3-4-8-18-12-9-10(14)6-7-11(12)15/h6-7,9H,2-5,8,15H2,1H3. The SMILES string of the molecule is CCOC(=O)CCCCOc1cc(Cl)ccc1N. The molecule has 0 amide bonds. The topological polar surface area (TPSA) is 61.5 Å². The number of nitrogen functional groups attached to an aromatic ring is 1. The van der Waals surface area contributed by atoms with Crippen LogP contribution in [0.2, 0.25) is 5.02 Å². The fourth-order valence-corrected chi connectivity index (χ4v) is 1.58. The molecule has 0 aliphatic rings. The zero-order valence-corrected chi connectivity index (χ0v) is 11.2. The van der Waals surface area contributed by atoms with E-state index in [1.165, 1.54) is 0 Å². The molecule has 0 unspecified atom stereocenters. The van der Waals surface area contributed by atoms with Crippen LogP contribution in [0.1, 0.15) is 26.2 Å². The molecule has 1 aromatic carbocycles. The van der Waals surface area contributed by atoms with Gasteiger partial charge in [-0.25, -0.2) is 0 Å². The van der Waals surface area contributed by atoms with Crippen LogP contribution in [-0.4, -0.2) is 19.2 Å². The van der Waals surface area contributed by atoms with Gasteiger partial charge in [0, 0.05) is 17.5 Å². The third kappa shape index (κ3) is 5.27. The summed E-state index contributed by atoms with van der Waals surface area (Å²) in [6, 6.07) is 5.10. The van der Waals surface area contributed by atoms with Gasteiger partial charge < -0.3 is 15.2 Å². The maximum Gasteiger partial charge on any atom is 0.305 e. The summed E-state index contributed by atoms with van der Waals surface area (Å²) >= 11 is 5.84. The monoisotopic (exact) mass is 271 g/mol. The average molecular weight is 272 g/mol. The van der Waals surface area contributed by atoms with Crippen molar-refractivity contribution in [2.45, 2.75) is 26.2 Å². The number of hydrogen-bond acceptors (Lipinski definition) is 4. The van der Waals surface area contributed by atoms with Crippen LogP contribution in [0, 0.1) is 0 Å². The van der Waals surface area contributed by atoms with Crippen LogP contribution in [0.5, 0.6) is 5.75 Å². The smallest absolute Gasteiger partial charge is 0.305 e. The second-order valence-electron chi connectivity index (χ2n) is 3.79. The first-order valence-electron chi connectivity index (χ1n) is 5.97. The van der Waals surface area contributed by atoms with E-state index in [0.29, 0.717) is 36.1 Å². The zero-order valence-electron chi connectivity index (χ0n) is 10.4. The summed E-state index contributed by atoms with van der Waals surface area (Å²) in [7, 11) is 0. The molecule has 0 atom stereocenters. The van der Waals surface area contributed by atoms with Gasteiger partial charge >= 0.3 is 5.97 Å². The van der Waals surface area contributed by atoms with Gasteiger partial charge in [0.2, 0.25) is 0 Å². The minimum Gasteiger partial charge on any atom is -0.491 e. The molecule has 0 aromatic heterocycles. The number of unbranched alkanes of at least 4 members (excludes halogenated alkanes) is 1. The Bertz CT molecular complexity index is 396. The second kappa shape index (κ2) is 7.82. The van der Waals surface area contributed by atoms with Gasteiger partial charge in [-0.2, -0.15) is 0 Å². The molecule has 18 heavy (non-hydrogen) atoms. The number of nitrogens with two attached hydrogens (primary N) is 1. The van der Waals surface area contributed by atoms with E-state index in [2.05, 4.69) is 0 Å². The molecule has 0 radical (unpaired) electrons. The first-order valence-corrected chi connectivity index (χ1v) is 6.34. The van der Waals surface area contributed by atoms with E-state index in [1.54, 1.807) is 25.1 Å². The molecule has 100 valence electrons. The van der Waals surface area contributed by atoms with E-state index >= 15 is 0 Å². The highest BCUT2D eigenvalue weighted by atomic mass is 35.5. The predicted molar refractivity (Wildman–Crippen MR) is 71.8 cm³/mol. The number of ether oxygens (including phenoxy) is 2. The van der Waals surface area contributed by atoms with Crippen molar-refractivity contribution in [3.8, 4) is 5.75 Å². The molecule has 4 nitrogen and oxygen atoms in total. The molecule has 0 spiro atoms. The lowest BCUT2D eigenvalue weighted by Crippen LogP contribution is -2.05. The van der Waals surface area contributed by atoms with Gasteiger partial charge in [0.05, 0.1) is 18.9 Å². The summed E-state index contributed by atoms with van der Waals surface area (Å²) in [4.78, 5) is 11.1. The van der Waals surface area contributed by atoms with Crippen LogP contribution in [0.3, 0.4) is 0 Å². The fourth-order valence-electron chi connectivity index (χ4n) is 1.42. The van der Waals surface area contributed by atoms with Crippen LogP contribution in [0.15, 0.2) is 18.2 Å². The van der Waals surface area contributed by atoms with Crippen molar-refractivity contribution in [3.05, 3.63) is 23.2 Å². The van der Waals surface area contributed by atoms with Crippen molar-refractivity contribution in [1.29, 1.82) is 0 Å². The predicted octanol–water partition coefficient (Wildman–Crippen LogP) is 3.03. The lowest BCUT2D eigenvalue weighted by atomic mass is 10.2. The van der Waals surface area contributed by atoms with Gasteiger partial charge in [-0.3, -0.25) is 4.79 Å². The van der Waals surface area contributed by atoms with Crippen molar-refractivity contribution in [2.24, 2.45) is 0 Å². The number of hydrogen-bond donors (Lipinski definition) is 1. The molecule has 1 aromatic rings. The Balaban J connectivity index is 2.21. The van der Waals surface area contributed by atoms with Crippen molar-refractivity contribution in [2.75, 3.05) is 18.9 Å². The number of anilines is 1. The van der Waals surface area contributed by atoms with Crippen molar-refractivity contribution in [1.82, 2.24) is 0 Å². The molecular formula is C13H18ClNO3. The lowest BCUT2D eigenvalue weighted by Gasteiger charge is -2.08. The fraction of sp³-hybridized carbons (Fsp3) is 0.462. The first kappa shape index (κ1) is 14.6. The Kier molecular flexibility index (Phi) is 6.36. The Morgan fingerprint density at radius 3 is 2.89 bits per heavy atom. The van der Waals surface area contributed by atoms with Gasteiger partial charge in [-0.1, -0.05) is 11.6 Å². The van der Waals surface area contributed by atoms with Gasteiger partial charge in [0.1, 0.15) is 5.75 Å². The summed E-state index contributed by atoms with van der Waals surface area (Å²) in [6.45, 7) is 2.72. The third-order valence-electron chi connectivity index (χ3n) is 2.31. The normalized spacial score (nSPS) is 10.1. The quantitative estimate of drug-likeness (QED) is 0.470. The molecule has 0 saturated heterocycles. The Morgan fingerprint density at radius 1 is 1.39 bits per heavy atom. The number of esters is 1. The first-order chi connectivity index (χ1) is 8.63. The zero-order chi connectivity index (χ0) is 13.4. The van der Waals surface area contributed by atoms with Gasteiger partial charge in [0.15, 0.2) is 0 Å². The summed E-state index contributed by atoms with van der Waals surface area (Å²) in [5, 5.41) is 0.589. The molecule has 1 rings (SSSR count). The van der Waals surface area contributed by atoms with Crippen molar-refractivity contribution < 1.29 is 14.3 Å². The highest BCUT2D eigenvalue weighted by Crippen LogP contribution is 2.25. The molecule has 0 heterocycles. The van der Waals surface area contributed by atoms with Gasteiger partial charge in [-0.05, 0) is 31.9 Å². The third-order valence-corrected chi connectivity index (χ3v) is 2.55. The maximum atomic E-state index is 11.1. The van der Waals surface area contributed by atoms with E-state index in [4.69, 9.17) is 26.8 Å². The molecule has 5 heteroatoms. The molecule has 2 N–H and O–H groups in total. The van der Waals surface area contributed by atoms with E-state index in [9.17, 15) is 4.79 Å². The van der Waals surface area contributed by atoms with Crippen LogP contribution < -0.4 is 10.5 Å². The number of carbonyl (C=O) groups excluding carboxylic acids is 1. The molecule has 0 aliphatic heterocycles. The summed E-state index contributed by atoms with van der Waals surface area (Å²) in [6.07, 6.45) is 1.92. The Morgan fingerprint density at radius 2 is 2.17 bits per heavy atom. The summed E-state index contributed by atoms with van der Waals surface area (Å²) in [5.74, 6) is 0.415. The molecule has 0 bridgehead atoms. The molecular weight excluding hydrogens is 254 g/mol. The summed E-state index contributed by atoms with van der Waals surface area (Å²) < 4.78 is 10.3. The van der Waals surface area contributed by atoms with Crippen LogP contribution in [0.25, 0.3) is 0 Å². The molecule has 0 aliphatic carbocycles. The minimum atomic E-state index is -0.167. The molecule has 0 fully saturated rings. The highest BCUT2D eigenvalue weighted by Gasteiger charge is 2.03. The highest BCUT2D eigenvalue weighted by molar-refractivity contribution is 6.30. The maximum absolute atomic E-state index is 11.1. The number of rotatable bonds is 7. The summed E-state index contributed by atoms with van der Waals surface area (Å²) in [5.41, 5.74) is 6.29. The van der Waals surface area contributed by atoms with Crippen LogP contribution in [-0.2, 0) is 9.53 Å². The van der Waals surface area contributed by atoms with Gasteiger partial charge in [-0.15, -0.1) is 0 Å². The van der Waals surface area contributed by atoms with E-state index < -0.39 is 0 Å². The second-order valence-corrected chi connectivity index (χ2v) is 4.23. The molecule has 0 saturated carbocycles. The van der Waals surface area contributed by atoms with Crippen LogP contribution >= 0.6 is 11.6 Å². The number of benzene rings is 1. The minimum absolute atomic E-state index is 0.167. The van der Waals surface area contributed by atoms with E-state index in [1.807, 2.05) is 0 Å². The van der Waals surface area contributed by atoms with Crippen molar-refractivity contribution >= 4 is 23.3 Å². The number of carbonyl (C=O) groups is 1. The van der Waals surface area contributed by atoms with Crippen LogP contribution in [0.4, 0.5) is 5.69 Å². The lowest BCUT2D eigenvalue weighted by molar-refractivity contribution is -0.143. The average Bonchev–Trinajstić information content (AvgIpc) is 2.33. The van der Waals surface area contributed by atoms with E-state index in [0.717, 1.165) is 12.8 Å². The number of halogens is 1. The Hall–Kier alpha value is -1.42. The largest absolute Gasteiger partial charge is 0.491 e. The van der Waals surface area contributed by atoms with E-state index in [-0.39, 0.29) is 5.97 Å². The van der Waals surface area contributed by atoms with Gasteiger partial charge in [0.25, 0.3) is 0 Å². The van der Waals surface area contributed by atoms with Crippen molar-refractivity contribution in [3.63, 3.8) is 0 Å². The Labute approximate surface area is 112 Å².